The van der Waals surface area contributed by atoms with Gasteiger partial charge in [0.15, 0.2) is 6.10 Å². The molecule has 0 fully saturated rings. The van der Waals surface area contributed by atoms with E-state index in [1.165, 1.54) is 193 Å². The fourth-order valence-corrected chi connectivity index (χ4v) is 8.58. The topological polar surface area (TPSA) is 78.9 Å². The second-order valence-electron chi connectivity index (χ2n) is 20.5. The highest BCUT2D eigenvalue weighted by molar-refractivity contribution is 5.71. The Morgan fingerprint density at radius 2 is 0.556 bits per heavy atom. The summed E-state index contributed by atoms with van der Waals surface area (Å²) in [5.74, 6) is 1.70. The van der Waals surface area contributed by atoms with Crippen LogP contribution in [0, 0.1) is 17.8 Å². The molecule has 6 nitrogen and oxygen atoms in total. The van der Waals surface area contributed by atoms with Crippen LogP contribution in [-0.4, -0.2) is 37.2 Å². The fourth-order valence-electron chi connectivity index (χ4n) is 8.58. The van der Waals surface area contributed by atoms with Gasteiger partial charge in [0.1, 0.15) is 13.2 Å². The predicted octanol–water partition coefficient (Wildman–Crippen LogP) is 18.3. The van der Waals surface area contributed by atoms with E-state index in [0.717, 1.165) is 75.5 Å². The molecule has 0 spiro atoms. The second-order valence-corrected chi connectivity index (χ2v) is 20.5. The van der Waals surface area contributed by atoms with Crippen LogP contribution in [0.1, 0.15) is 311 Å². The monoisotopic (exact) mass is 891 g/mol. The first-order valence-corrected chi connectivity index (χ1v) is 28.2. The van der Waals surface area contributed by atoms with Gasteiger partial charge in [-0.25, -0.2) is 0 Å². The highest BCUT2D eigenvalue weighted by atomic mass is 16.6. The maximum atomic E-state index is 12.8. The van der Waals surface area contributed by atoms with Gasteiger partial charge < -0.3 is 14.2 Å². The number of carbonyl (C=O) groups excluding carboxylic acids is 3. The van der Waals surface area contributed by atoms with Crippen molar-refractivity contribution in [2.75, 3.05) is 13.2 Å². The van der Waals surface area contributed by atoms with Gasteiger partial charge in [-0.1, -0.05) is 273 Å². The molecule has 0 saturated heterocycles. The van der Waals surface area contributed by atoms with Gasteiger partial charge in [0.2, 0.25) is 0 Å². The summed E-state index contributed by atoms with van der Waals surface area (Å²) in [6.07, 6.45) is 49.5. The Labute approximate surface area is 393 Å². The first-order chi connectivity index (χ1) is 30.7. The molecule has 0 saturated carbocycles. The summed E-state index contributed by atoms with van der Waals surface area (Å²) in [6, 6.07) is 0. The zero-order valence-corrected chi connectivity index (χ0v) is 43.4. The van der Waals surface area contributed by atoms with Gasteiger partial charge in [-0.3, -0.25) is 14.4 Å². The second kappa shape index (κ2) is 48.3. The lowest BCUT2D eigenvalue weighted by Gasteiger charge is -2.18. The van der Waals surface area contributed by atoms with E-state index < -0.39 is 6.10 Å². The molecule has 374 valence electrons. The minimum Gasteiger partial charge on any atom is -0.462 e. The van der Waals surface area contributed by atoms with E-state index in [2.05, 4.69) is 41.5 Å². The minimum atomic E-state index is -0.763. The number of unbranched alkanes of at least 4 members (excludes halogenated alkanes) is 31. The van der Waals surface area contributed by atoms with Crippen LogP contribution in [0.3, 0.4) is 0 Å². The van der Waals surface area contributed by atoms with E-state index in [9.17, 15) is 14.4 Å². The maximum absolute atomic E-state index is 12.8. The van der Waals surface area contributed by atoms with Crippen molar-refractivity contribution in [3.8, 4) is 0 Å². The number of ether oxygens (including phenoxy) is 3. The van der Waals surface area contributed by atoms with Crippen LogP contribution in [-0.2, 0) is 28.6 Å². The quantitative estimate of drug-likeness (QED) is 0.0344. The zero-order valence-electron chi connectivity index (χ0n) is 43.4. The van der Waals surface area contributed by atoms with Gasteiger partial charge in [0, 0.05) is 19.3 Å². The number of rotatable bonds is 50. The number of hydrogen-bond acceptors (Lipinski definition) is 6. The van der Waals surface area contributed by atoms with Crippen molar-refractivity contribution >= 4 is 17.9 Å². The molecule has 0 aliphatic rings. The summed E-state index contributed by atoms with van der Waals surface area (Å²) in [4.78, 5) is 38.0. The molecule has 0 radical (unpaired) electrons. The normalized spacial score (nSPS) is 13.0. The van der Waals surface area contributed by atoms with Crippen molar-refractivity contribution in [1.29, 1.82) is 0 Å². The summed E-state index contributed by atoms with van der Waals surface area (Å²) < 4.78 is 16.8. The van der Waals surface area contributed by atoms with E-state index >= 15 is 0 Å². The predicted molar refractivity (Wildman–Crippen MR) is 270 cm³/mol. The van der Waals surface area contributed by atoms with E-state index in [-0.39, 0.29) is 31.1 Å². The van der Waals surface area contributed by atoms with E-state index in [1.54, 1.807) is 0 Å². The van der Waals surface area contributed by atoms with Crippen molar-refractivity contribution in [2.24, 2.45) is 17.8 Å². The first-order valence-electron chi connectivity index (χ1n) is 28.2. The van der Waals surface area contributed by atoms with Crippen LogP contribution in [0.15, 0.2) is 0 Å². The Morgan fingerprint density at radius 1 is 0.317 bits per heavy atom. The Kier molecular flexibility index (Phi) is 47.1. The standard InChI is InChI=1S/C57H110O6/c1-7-52(5)44-38-32-26-19-17-15-13-11-9-10-12-14-16-18-20-28-34-40-46-55(58)61-49-54(63-57(60)48-42-36-30-23-21-25-31-37-43-51(3)4)50-62-56(59)47-41-35-29-24-22-27-33-39-45-53(6)8-2/h51-54H,7-50H2,1-6H3/t52?,53?,54-/m1/s1. The third-order valence-electron chi connectivity index (χ3n) is 13.6. The fraction of sp³-hybridized carbons (Fsp3) is 0.947. The van der Waals surface area contributed by atoms with Crippen LogP contribution in [0.4, 0.5) is 0 Å². The number of carbonyl (C=O) groups is 3. The lowest BCUT2D eigenvalue weighted by Crippen LogP contribution is -2.30. The Bertz CT molecular complexity index is 980. The number of hydrogen-bond donors (Lipinski definition) is 0. The highest BCUT2D eigenvalue weighted by Crippen LogP contribution is 2.19. The summed E-state index contributed by atoms with van der Waals surface area (Å²) in [6.45, 7) is 13.8. The van der Waals surface area contributed by atoms with E-state index in [1.807, 2.05) is 0 Å². The molecule has 0 aromatic carbocycles. The Hall–Kier alpha value is -1.59. The van der Waals surface area contributed by atoms with Crippen LogP contribution >= 0.6 is 0 Å². The van der Waals surface area contributed by atoms with Gasteiger partial charge in [-0.2, -0.15) is 0 Å². The van der Waals surface area contributed by atoms with Crippen LogP contribution in [0.2, 0.25) is 0 Å². The van der Waals surface area contributed by atoms with Crippen molar-refractivity contribution in [3.05, 3.63) is 0 Å². The minimum absolute atomic E-state index is 0.0647. The average Bonchev–Trinajstić information content (AvgIpc) is 3.27. The van der Waals surface area contributed by atoms with Crippen LogP contribution < -0.4 is 0 Å². The average molecular weight is 892 g/mol. The molecule has 2 unspecified atom stereocenters. The molecule has 0 N–H and O–H groups in total. The lowest BCUT2D eigenvalue weighted by atomic mass is 9.99. The smallest absolute Gasteiger partial charge is 0.306 e. The van der Waals surface area contributed by atoms with E-state index in [0.29, 0.717) is 19.3 Å². The molecule has 6 heteroatoms. The van der Waals surface area contributed by atoms with Crippen molar-refractivity contribution in [2.45, 2.75) is 317 Å². The molecule has 0 rings (SSSR count). The summed E-state index contributed by atoms with van der Waals surface area (Å²) in [5, 5.41) is 0. The zero-order chi connectivity index (χ0) is 46.3. The van der Waals surface area contributed by atoms with E-state index in [4.69, 9.17) is 14.2 Å². The van der Waals surface area contributed by atoms with Gasteiger partial charge >= 0.3 is 17.9 Å². The molecule has 0 aromatic rings. The van der Waals surface area contributed by atoms with Gasteiger partial charge in [0.25, 0.3) is 0 Å². The molecule has 0 aliphatic carbocycles. The largest absolute Gasteiger partial charge is 0.462 e. The maximum Gasteiger partial charge on any atom is 0.306 e. The molecule has 0 aromatic heterocycles. The SMILES string of the molecule is CCC(C)CCCCCCCCCCCCCCCCCCCCC(=O)OC[C@H](COC(=O)CCCCCCCCCCC(C)CC)OC(=O)CCCCCCCCCCC(C)C. The molecule has 63 heavy (non-hydrogen) atoms. The summed E-state index contributed by atoms with van der Waals surface area (Å²) >= 11 is 0. The van der Waals surface area contributed by atoms with Crippen molar-refractivity contribution in [3.63, 3.8) is 0 Å². The van der Waals surface area contributed by atoms with Gasteiger partial charge in [0.05, 0.1) is 0 Å². The third-order valence-corrected chi connectivity index (χ3v) is 13.6. The highest BCUT2D eigenvalue weighted by Gasteiger charge is 2.19. The Balaban J connectivity index is 4.20. The summed E-state index contributed by atoms with van der Waals surface area (Å²) in [5.41, 5.74) is 0. The number of esters is 3. The van der Waals surface area contributed by atoms with Crippen LogP contribution in [0.25, 0.3) is 0 Å². The van der Waals surface area contributed by atoms with Gasteiger partial charge in [-0.15, -0.1) is 0 Å². The molecule has 0 heterocycles. The van der Waals surface area contributed by atoms with Gasteiger partial charge in [-0.05, 0) is 37.0 Å². The molecule has 0 aliphatic heterocycles. The Morgan fingerprint density at radius 3 is 0.825 bits per heavy atom. The van der Waals surface area contributed by atoms with Crippen LogP contribution in [0.5, 0.6) is 0 Å². The van der Waals surface area contributed by atoms with Crippen molar-refractivity contribution < 1.29 is 28.6 Å². The third kappa shape index (κ3) is 48.2. The first kappa shape index (κ1) is 61.4. The molecule has 0 amide bonds. The summed E-state index contributed by atoms with van der Waals surface area (Å²) in [7, 11) is 0. The van der Waals surface area contributed by atoms with Crippen molar-refractivity contribution in [1.82, 2.24) is 0 Å². The molecule has 3 atom stereocenters. The molecular formula is C57H110O6. The molecule has 0 bridgehead atoms. The lowest BCUT2D eigenvalue weighted by molar-refractivity contribution is -0.167. The molecular weight excluding hydrogens is 781 g/mol.